The van der Waals surface area contributed by atoms with Gasteiger partial charge in [0, 0.05) is 19.1 Å². The topological polar surface area (TPSA) is 129 Å². The van der Waals surface area contributed by atoms with E-state index < -0.39 is 41.4 Å². The number of fused-ring (bicyclic) bond motifs is 1. The van der Waals surface area contributed by atoms with E-state index in [1.54, 1.807) is 26.0 Å². The third kappa shape index (κ3) is 4.65. The predicted molar refractivity (Wildman–Crippen MR) is 95.1 cm³/mol. The van der Waals surface area contributed by atoms with E-state index in [4.69, 9.17) is 18.9 Å². The van der Waals surface area contributed by atoms with Gasteiger partial charge in [0.2, 0.25) is 5.91 Å². The van der Waals surface area contributed by atoms with E-state index >= 15 is 0 Å². The maximum absolute atomic E-state index is 11.6. The molecule has 1 aromatic rings. The Morgan fingerprint density at radius 2 is 2.07 bits per heavy atom. The van der Waals surface area contributed by atoms with Crippen LogP contribution in [0.3, 0.4) is 0 Å². The minimum Gasteiger partial charge on any atom is -0.388 e. The lowest BCUT2D eigenvalue weighted by molar-refractivity contribution is -0.384. The lowest BCUT2D eigenvalue weighted by Crippen LogP contribution is -2.68. The molecule has 28 heavy (non-hydrogen) atoms. The molecule has 10 heteroatoms. The standard InChI is InChI=1S/C18H24N2O8/c1-10(21)19-14-15(22)16-13(9-26-18(2,3)28-16)27-17(14)25-8-11-4-6-12(7-5-11)20(23)24/h4-7,13-17,22H,8-9H2,1-3H3,(H,19,21)/t13-,14-,15+,16+,17+/m1/s1. The summed E-state index contributed by atoms with van der Waals surface area (Å²) in [7, 11) is 0. The number of non-ortho nitro benzene ring substituents is 1. The molecule has 5 atom stereocenters. The van der Waals surface area contributed by atoms with Gasteiger partial charge in [-0.15, -0.1) is 0 Å². The van der Waals surface area contributed by atoms with Gasteiger partial charge in [-0.25, -0.2) is 0 Å². The Balaban J connectivity index is 1.71. The summed E-state index contributed by atoms with van der Waals surface area (Å²) in [5.41, 5.74) is 0.663. The smallest absolute Gasteiger partial charge is 0.269 e. The van der Waals surface area contributed by atoms with Gasteiger partial charge in [-0.2, -0.15) is 0 Å². The van der Waals surface area contributed by atoms with E-state index in [1.165, 1.54) is 19.1 Å². The number of hydrogen-bond donors (Lipinski definition) is 2. The number of benzene rings is 1. The molecule has 0 radical (unpaired) electrons. The van der Waals surface area contributed by atoms with E-state index in [0.29, 0.717) is 5.56 Å². The molecule has 1 aromatic carbocycles. The maximum atomic E-state index is 11.6. The largest absolute Gasteiger partial charge is 0.388 e. The normalized spacial score (nSPS) is 31.6. The number of nitro benzene ring substituents is 1. The lowest BCUT2D eigenvalue weighted by Gasteiger charge is -2.49. The molecule has 0 aromatic heterocycles. The average molecular weight is 396 g/mol. The second-order valence-electron chi connectivity index (χ2n) is 7.29. The van der Waals surface area contributed by atoms with Crippen LogP contribution < -0.4 is 5.32 Å². The van der Waals surface area contributed by atoms with E-state index in [0.717, 1.165) is 0 Å². The van der Waals surface area contributed by atoms with Gasteiger partial charge >= 0.3 is 0 Å². The number of hydrogen-bond acceptors (Lipinski definition) is 8. The van der Waals surface area contributed by atoms with Crippen LogP contribution in [-0.2, 0) is 30.3 Å². The fourth-order valence-corrected chi connectivity index (χ4v) is 3.27. The molecule has 154 valence electrons. The Hall–Kier alpha value is -2.11. The number of ether oxygens (including phenoxy) is 4. The van der Waals surface area contributed by atoms with Crippen LogP contribution in [0.5, 0.6) is 0 Å². The van der Waals surface area contributed by atoms with Crippen molar-refractivity contribution in [2.75, 3.05) is 6.61 Å². The first-order valence-electron chi connectivity index (χ1n) is 8.93. The molecule has 0 saturated carbocycles. The highest BCUT2D eigenvalue weighted by atomic mass is 16.8. The second-order valence-corrected chi connectivity index (χ2v) is 7.29. The first-order chi connectivity index (χ1) is 13.2. The van der Waals surface area contributed by atoms with Gasteiger partial charge < -0.3 is 29.4 Å². The van der Waals surface area contributed by atoms with E-state index in [9.17, 15) is 20.0 Å². The number of nitro groups is 1. The van der Waals surface area contributed by atoms with Crippen molar-refractivity contribution in [1.82, 2.24) is 5.32 Å². The van der Waals surface area contributed by atoms with Crippen LogP contribution in [0.1, 0.15) is 26.3 Å². The highest BCUT2D eigenvalue weighted by molar-refractivity contribution is 5.73. The zero-order valence-electron chi connectivity index (χ0n) is 15.9. The number of amides is 1. The van der Waals surface area contributed by atoms with Gasteiger partial charge in [-0.1, -0.05) is 0 Å². The van der Waals surface area contributed by atoms with Crippen LogP contribution in [0.4, 0.5) is 5.69 Å². The Morgan fingerprint density at radius 1 is 1.39 bits per heavy atom. The van der Waals surface area contributed by atoms with Gasteiger partial charge in [0.25, 0.3) is 5.69 Å². The quantitative estimate of drug-likeness (QED) is 0.554. The summed E-state index contributed by atoms with van der Waals surface area (Å²) >= 11 is 0. The summed E-state index contributed by atoms with van der Waals surface area (Å²) in [5.74, 6) is -1.22. The van der Waals surface area contributed by atoms with Crippen molar-refractivity contribution >= 4 is 11.6 Å². The van der Waals surface area contributed by atoms with Gasteiger partial charge in [-0.05, 0) is 31.5 Å². The molecule has 0 aliphatic carbocycles. The number of aliphatic hydroxyl groups is 1. The number of nitrogens with zero attached hydrogens (tertiary/aromatic N) is 1. The Morgan fingerprint density at radius 3 is 2.68 bits per heavy atom. The molecule has 2 aliphatic rings. The third-order valence-electron chi connectivity index (χ3n) is 4.62. The molecule has 10 nitrogen and oxygen atoms in total. The third-order valence-corrected chi connectivity index (χ3v) is 4.62. The van der Waals surface area contributed by atoms with Crippen LogP contribution in [-0.4, -0.2) is 59.0 Å². The van der Waals surface area contributed by atoms with Crippen molar-refractivity contribution in [2.45, 2.75) is 63.8 Å². The molecule has 0 unspecified atom stereocenters. The number of nitrogens with one attached hydrogen (secondary N) is 1. The Labute approximate surface area is 161 Å². The molecule has 2 saturated heterocycles. The van der Waals surface area contributed by atoms with Gasteiger partial charge in [0.15, 0.2) is 12.1 Å². The Bertz CT molecular complexity index is 723. The van der Waals surface area contributed by atoms with Crippen LogP contribution in [0.15, 0.2) is 24.3 Å². The summed E-state index contributed by atoms with van der Waals surface area (Å²) in [4.78, 5) is 21.9. The van der Waals surface area contributed by atoms with Crippen molar-refractivity contribution in [3.05, 3.63) is 39.9 Å². The molecule has 2 fully saturated rings. The summed E-state index contributed by atoms with van der Waals surface area (Å²) in [6, 6.07) is 5.06. The fraction of sp³-hybridized carbons (Fsp3) is 0.611. The molecule has 2 N–H and O–H groups in total. The summed E-state index contributed by atoms with van der Waals surface area (Å²) < 4.78 is 23.0. The molecule has 0 spiro atoms. The zero-order chi connectivity index (χ0) is 20.5. The lowest BCUT2D eigenvalue weighted by atomic mass is 9.95. The van der Waals surface area contributed by atoms with Crippen molar-refractivity contribution in [2.24, 2.45) is 0 Å². The number of aliphatic hydroxyl groups excluding tert-OH is 1. The summed E-state index contributed by atoms with van der Waals surface area (Å²) in [6.07, 6.45) is -3.24. The van der Waals surface area contributed by atoms with Gasteiger partial charge in [0.05, 0.1) is 18.1 Å². The second kappa shape index (κ2) is 8.10. The van der Waals surface area contributed by atoms with E-state index in [2.05, 4.69) is 5.32 Å². The maximum Gasteiger partial charge on any atom is 0.269 e. The van der Waals surface area contributed by atoms with Crippen LogP contribution in [0.25, 0.3) is 0 Å². The van der Waals surface area contributed by atoms with Crippen molar-refractivity contribution in [3.8, 4) is 0 Å². The van der Waals surface area contributed by atoms with Crippen molar-refractivity contribution in [3.63, 3.8) is 0 Å². The monoisotopic (exact) mass is 396 g/mol. The zero-order valence-corrected chi connectivity index (χ0v) is 15.9. The Kier molecular flexibility index (Phi) is 5.96. The average Bonchev–Trinajstić information content (AvgIpc) is 2.63. The van der Waals surface area contributed by atoms with Crippen LogP contribution >= 0.6 is 0 Å². The number of rotatable bonds is 5. The predicted octanol–water partition coefficient (Wildman–Crippen LogP) is 0.853. The molecule has 1 amide bonds. The van der Waals surface area contributed by atoms with Gasteiger partial charge in [0.1, 0.15) is 24.4 Å². The minimum atomic E-state index is -1.06. The summed E-state index contributed by atoms with van der Waals surface area (Å²) in [6.45, 7) is 5.09. The number of carbonyl (C=O) groups is 1. The molecule has 2 aliphatic heterocycles. The molecular weight excluding hydrogens is 372 g/mol. The molecular formula is C18H24N2O8. The summed E-state index contributed by atoms with van der Waals surface area (Å²) in [5, 5.41) is 24.2. The first kappa shape index (κ1) is 20.6. The number of carbonyl (C=O) groups excluding carboxylic acids is 1. The first-order valence-corrected chi connectivity index (χ1v) is 8.93. The van der Waals surface area contributed by atoms with Crippen molar-refractivity contribution < 1.29 is 33.8 Å². The van der Waals surface area contributed by atoms with Gasteiger partial charge in [-0.3, -0.25) is 14.9 Å². The van der Waals surface area contributed by atoms with Crippen molar-refractivity contribution in [1.29, 1.82) is 0 Å². The molecule has 3 rings (SSSR count). The minimum absolute atomic E-state index is 0.0221. The molecule has 0 bridgehead atoms. The molecule has 2 heterocycles. The highest BCUT2D eigenvalue weighted by Crippen LogP contribution is 2.33. The van der Waals surface area contributed by atoms with Crippen LogP contribution in [0.2, 0.25) is 0 Å². The van der Waals surface area contributed by atoms with Crippen LogP contribution in [0, 0.1) is 10.1 Å². The SMILES string of the molecule is CC(=O)N[C@H]1[C@@H](OCc2ccc([N+](=O)[O-])cc2)O[C@@H]2COC(C)(C)O[C@@H]2[C@H]1O. The van der Waals surface area contributed by atoms with E-state index in [1.807, 2.05) is 0 Å². The highest BCUT2D eigenvalue weighted by Gasteiger charge is 2.51. The fourth-order valence-electron chi connectivity index (χ4n) is 3.27. The van der Waals surface area contributed by atoms with E-state index in [-0.39, 0.29) is 24.8 Å².